The molecule has 0 aromatic heterocycles. The molecule has 1 amide bonds. The molecule has 35 heavy (non-hydrogen) atoms. The number of Topliss-reactive ketones (excluding diaryl/α,β-unsaturated/α-hetero) is 1. The van der Waals surface area contributed by atoms with Gasteiger partial charge in [-0.1, -0.05) is 49.4 Å². The molecule has 1 aliphatic heterocycles. The molecule has 1 fully saturated rings. The first-order valence-corrected chi connectivity index (χ1v) is 11.4. The number of rotatable bonds is 5. The molecule has 0 radical (unpaired) electrons. The minimum Gasteiger partial charge on any atom is -0.507 e. The molecule has 1 saturated heterocycles. The number of hydrogen-bond donors (Lipinski definition) is 1. The summed E-state index contributed by atoms with van der Waals surface area (Å²) in [5.41, 5.74) is 4.87. The van der Waals surface area contributed by atoms with Crippen molar-refractivity contribution in [2.24, 2.45) is 0 Å². The first kappa shape index (κ1) is 24.0. The molecule has 3 aromatic rings. The van der Waals surface area contributed by atoms with Crippen LogP contribution in [0.2, 0.25) is 0 Å². The van der Waals surface area contributed by atoms with Crippen molar-refractivity contribution in [1.82, 2.24) is 0 Å². The van der Waals surface area contributed by atoms with Gasteiger partial charge in [0.05, 0.1) is 24.3 Å². The molecule has 1 atom stereocenters. The second-order valence-electron chi connectivity index (χ2n) is 8.61. The van der Waals surface area contributed by atoms with Crippen molar-refractivity contribution in [3.05, 3.63) is 106 Å². The standard InChI is InChI=1S/C29H27NO5/c1-5-19-10-13-20(14-11-19)25-24(26(31)21-12-9-17(2)18(3)15-21)27(32)28(33)30(25)23-8-6-7-22(16-23)29(34)35-4/h6-16,25,31H,5H2,1-4H3/b26-24+. The summed E-state index contributed by atoms with van der Waals surface area (Å²) in [6, 6.07) is 18.5. The smallest absolute Gasteiger partial charge is 0.337 e. The van der Waals surface area contributed by atoms with E-state index < -0.39 is 23.7 Å². The molecule has 1 unspecified atom stereocenters. The van der Waals surface area contributed by atoms with Gasteiger partial charge in [0.25, 0.3) is 11.7 Å². The van der Waals surface area contributed by atoms with E-state index in [0.29, 0.717) is 16.8 Å². The van der Waals surface area contributed by atoms with E-state index in [-0.39, 0.29) is 16.9 Å². The van der Waals surface area contributed by atoms with Crippen LogP contribution in [-0.4, -0.2) is 29.9 Å². The summed E-state index contributed by atoms with van der Waals surface area (Å²) in [6.07, 6.45) is 0.838. The van der Waals surface area contributed by atoms with Gasteiger partial charge in [0.1, 0.15) is 5.76 Å². The van der Waals surface area contributed by atoms with E-state index in [4.69, 9.17) is 4.74 Å². The predicted octanol–water partition coefficient (Wildman–Crippen LogP) is 5.28. The number of carbonyl (C=O) groups is 3. The molecule has 6 nitrogen and oxygen atoms in total. The Bertz CT molecular complexity index is 1350. The maximum absolute atomic E-state index is 13.3. The van der Waals surface area contributed by atoms with Crippen LogP contribution in [0.1, 0.15) is 51.1 Å². The van der Waals surface area contributed by atoms with Gasteiger partial charge < -0.3 is 9.84 Å². The van der Waals surface area contributed by atoms with Crippen LogP contribution in [0.4, 0.5) is 5.69 Å². The molecule has 0 spiro atoms. The second-order valence-corrected chi connectivity index (χ2v) is 8.61. The molecule has 1 heterocycles. The number of aliphatic hydroxyl groups is 1. The van der Waals surface area contributed by atoms with E-state index in [1.807, 2.05) is 51.1 Å². The average Bonchev–Trinajstić information content (AvgIpc) is 3.15. The van der Waals surface area contributed by atoms with E-state index in [0.717, 1.165) is 23.1 Å². The number of anilines is 1. The fraction of sp³-hybridized carbons (Fsp3) is 0.207. The fourth-order valence-electron chi connectivity index (χ4n) is 4.29. The summed E-state index contributed by atoms with van der Waals surface area (Å²) in [6.45, 7) is 5.92. The van der Waals surface area contributed by atoms with E-state index in [2.05, 4.69) is 0 Å². The number of nitrogens with zero attached hydrogens (tertiary/aromatic N) is 1. The second kappa shape index (κ2) is 9.58. The Kier molecular flexibility index (Phi) is 6.56. The van der Waals surface area contributed by atoms with Crippen LogP contribution >= 0.6 is 0 Å². The van der Waals surface area contributed by atoms with E-state index in [9.17, 15) is 19.5 Å². The number of methoxy groups -OCH3 is 1. The zero-order valence-electron chi connectivity index (χ0n) is 20.2. The Morgan fingerprint density at radius 3 is 2.29 bits per heavy atom. The van der Waals surface area contributed by atoms with E-state index in [1.54, 1.807) is 30.3 Å². The number of hydrogen-bond acceptors (Lipinski definition) is 5. The van der Waals surface area contributed by atoms with Crippen molar-refractivity contribution in [2.75, 3.05) is 12.0 Å². The number of ketones is 1. The number of ether oxygens (including phenoxy) is 1. The third-order valence-electron chi connectivity index (χ3n) is 6.47. The highest BCUT2D eigenvalue weighted by atomic mass is 16.5. The molecule has 4 rings (SSSR count). The van der Waals surface area contributed by atoms with Crippen LogP contribution in [0, 0.1) is 13.8 Å². The summed E-state index contributed by atoms with van der Waals surface area (Å²) < 4.78 is 4.82. The van der Waals surface area contributed by atoms with Crippen LogP contribution in [-0.2, 0) is 20.7 Å². The number of esters is 1. The predicted molar refractivity (Wildman–Crippen MR) is 134 cm³/mol. The summed E-state index contributed by atoms with van der Waals surface area (Å²) in [5.74, 6) is -2.35. The largest absolute Gasteiger partial charge is 0.507 e. The third-order valence-corrected chi connectivity index (χ3v) is 6.47. The first-order chi connectivity index (χ1) is 16.8. The van der Waals surface area contributed by atoms with Crippen molar-refractivity contribution in [3.8, 4) is 0 Å². The Labute approximate surface area is 204 Å². The maximum Gasteiger partial charge on any atom is 0.337 e. The van der Waals surface area contributed by atoms with Crippen molar-refractivity contribution < 1.29 is 24.2 Å². The van der Waals surface area contributed by atoms with Gasteiger partial charge in [0, 0.05) is 11.3 Å². The molecule has 178 valence electrons. The van der Waals surface area contributed by atoms with Crippen LogP contribution < -0.4 is 4.90 Å². The van der Waals surface area contributed by atoms with Gasteiger partial charge in [-0.15, -0.1) is 0 Å². The number of aliphatic hydroxyl groups excluding tert-OH is 1. The zero-order valence-corrected chi connectivity index (χ0v) is 20.2. The molecule has 1 aliphatic rings. The minimum absolute atomic E-state index is 0.00553. The highest BCUT2D eigenvalue weighted by Gasteiger charge is 2.47. The summed E-state index contributed by atoms with van der Waals surface area (Å²) in [7, 11) is 1.28. The molecule has 0 bridgehead atoms. The normalized spacial score (nSPS) is 17.0. The quantitative estimate of drug-likeness (QED) is 0.238. The molecular formula is C29H27NO5. The lowest BCUT2D eigenvalue weighted by atomic mass is 9.93. The summed E-state index contributed by atoms with van der Waals surface area (Å²) in [5, 5.41) is 11.3. The number of amides is 1. The lowest BCUT2D eigenvalue weighted by Crippen LogP contribution is -2.29. The first-order valence-electron chi connectivity index (χ1n) is 11.4. The van der Waals surface area contributed by atoms with Crippen molar-refractivity contribution in [2.45, 2.75) is 33.2 Å². The van der Waals surface area contributed by atoms with Gasteiger partial charge >= 0.3 is 5.97 Å². The average molecular weight is 470 g/mol. The summed E-state index contributed by atoms with van der Waals surface area (Å²) in [4.78, 5) is 40.1. The van der Waals surface area contributed by atoms with Crippen LogP contribution in [0.25, 0.3) is 5.76 Å². The Morgan fingerprint density at radius 1 is 0.943 bits per heavy atom. The highest BCUT2D eigenvalue weighted by Crippen LogP contribution is 2.42. The SMILES string of the molecule is CCc1ccc(C2/C(=C(\O)c3ccc(C)c(C)c3)C(=O)C(=O)N2c2cccc(C(=O)OC)c2)cc1. The Hall–Kier alpha value is -4.19. The molecule has 3 aromatic carbocycles. The zero-order chi connectivity index (χ0) is 25.3. The van der Waals surface area contributed by atoms with Gasteiger partial charge in [0.2, 0.25) is 0 Å². The minimum atomic E-state index is -0.865. The monoisotopic (exact) mass is 469 g/mol. The Balaban J connectivity index is 1.94. The Morgan fingerprint density at radius 2 is 1.66 bits per heavy atom. The van der Waals surface area contributed by atoms with Crippen molar-refractivity contribution >= 4 is 29.1 Å². The van der Waals surface area contributed by atoms with Gasteiger partial charge in [0.15, 0.2) is 0 Å². The molecule has 6 heteroatoms. The molecule has 0 aliphatic carbocycles. The van der Waals surface area contributed by atoms with Crippen molar-refractivity contribution in [3.63, 3.8) is 0 Å². The van der Waals surface area contributed by atoms with Crippen LogP contribution in [0.3, 0.4) is 0 Å². The van der Waals surface area contributed by atoms with Gasteiger partial charge in [-0.25, -0.2) is 4.79 Å². The van der Waals surface area contributed by atoms with Gasteiger partial charge in [-0.3, -0.25) is 14.5 Å². The number of benzene rings is 3. The fourth-order valence-corrected chi connectivity index (χ4v) is 4.29. The third kappa shape index (κ3) is 4.35. The van der Waals surface area contributed by atoms with Gasteiger partial charge in [-0.2, -0.15) is 0 Å². The van der Waals surface area contributed by atoms with E-state index >= 15 is 0 Å². The van der Waals surface area contributed by atoms with Gasteiger partial charge in [-0.05, 0) is 66.8 Å². The van der Waals surface area contributed by atoms with Crippen LogP contribution in [0.5, 0.6) is 0 Å². The highest BCUT2D eigenvalue weighted by molar-refractivity contribution is 6.51. The molecule has 1 N–H and O–H groups in total. The topological polar surface area (TPSA) is 83.9 Å². The maximum atomic E-state index is 13.3. The summed E-state index contributed by atoms with van der Waals surface area (Å²) >= 11 is 0. The number of carbonyl (C=O) groups excluding carboxylic acids is 3. The number of aryl methyl sites for hydroxylation is 3. The molecule has 0 saturated carbocycles. The van der Waals surface area contributed by atoms with Crippen molar-refractivity contribution in [1.29, 1.82) is 0 Å². The lowest BCUT2D eigenvalue weighted by Gasteiger charge is -2.26. The van der Waals surface area contributed by atoms with E-state index in [1.165, 1.54) is 18.1 Å². The molecular weight excluding hydrogens is 442 g/mol. The lowest BCUT2D eigenvalue weighted by molar-refractivity contribution is -0.132. The van der Waals surface area contributed by atoms with Crippen LogP contribution in [0.15, 0.2) is 72.3 Å².